The van der Waals surface area contributed by atoms with E-state index >= 15 is 0 Å². The summed E-state index contributed by atoms with van der Waals surface area (Å²) < 4.78 is 0. The summed E-state index contributed by atoms with van der Waals surface area (Å²) in [5.41, 5.74) is 1.90. The largest absolute Gasteiger partial charge is 0.481 e. The van der Waals surface area contributed by atoms with Crippen LogP contribution in [0.5, 0.6) is 0 Å². The lowest BCUT2D eigenvalue weighted by atomic mass is 9.93. The first-order chi connectivity index (χ1) is 13.3. The number of nitro groups is 1. The smallest absolute Gasteiger partial charge is 0.300 e. The van der Waals surface area contributed by atoms with Gasteiger partial charge in [-0.3, -0.25) is 19.7 Å². The summed E-state index contributed by atoms with van der Waals surface area (Å²) in [4.78, 5) is 32.1. The van der Waals surface area contributed by atoms with Gasteiger partial charge in [0.25, 0.3) is 11.7 Å². The molecule has 2 aromatic rings. The second-order valence-electron chi connectivity index (χ2n) is 6.59. The molecule has 2 N–H and O–H groups in total. The van der Waals surface area contributed by atoms with Gasteiger partial charge in [-0.15, -0.1) is 0 Å². The Hall–Kier alpha value is -3.35. The quantitative estimate of drug-likeness (QED) is 0.335. The average molecular weight is 382 g/mol. The number of nitrogens with one attached hydrogen (secondary N) is 1. The third-order valence-corrected chi connectivity index (χ3v) is 4.57. The van der Waals surface area contributed by atoms with E-state index in [1.165, 1.54) is 6.07 Å². The SMILES string of the molecule is CC(=O)O.N=C(C(=O)c1ccc(-c2ccccc2[N+](=O)[O-])cc1)C1CCCC1. The average Bonchev–Trinajstić information content (AvgIpc) is 3.21. The maximum atomic E-state index is 12.4. The lowest BCUT2D eigenvalue weighted by molar-refractivity contribution is -0.384. The zero-order valence-electron chi connectivity index (χ0n) is 15.6. The summed E-state index contributed by atoms with van der Waals surface area (Å²) >= 11 is 0. The molecule has 3 rings (SSSR count). The fourth-order valence-electron chi connectivity index (χ4n) is 3.23. The van der Waals surface area contributed by atoms with Crippen LogP contribution in [-0.2, 0) is 4.79 Å². The number of hydrogen-bond donors (Lipinski definition) is 2. The molecule has 0 spiro atoms. The standard InChI is InChI=1S/C19H18N2O3.C2H4O2/c20-18(14-5-1-2-6-14)19(22)15-11-9-13(10-12-15)16-7-3-4-8-17(16)21(23)24;1-2(3)4/h3-4,7-12,14,20H,1-2,5-6H2;1H3,(H,3,4). The van der Waals surface area contributed by atoms with Crippen molar-refractivity contribution in [3.63, 3.8) is 0 Å². The Labute approximate surface area is 162 Å². The van der Waals surface area contributed by atoms with Gasteiger partial charge < -0.3 is 10.5 Å². The number of para-hydroxylation sites is 1. The van der Waals surface area contributed by atoms with Crippen molar-refractivity contribution in [2.45, 2.75) is 32.6 Å². The molecule has 1 saturated carbocycles. The molecule has 7 nitrogen and oxygen atoms in total. The number of carboxylic acid groups (broad SMARTS) is 1. The molecular weight excluding hydrogens is 360 g/mol. The van der Waals surface area contributed by atoms with Crippen molar-refractivity contribution >= 4 is 23.2 Å². The summed E-state index contributed by atoms with van der Waals surface area (Å²) in [6.07, 6.45) is 3.99. The molecule has 0 saturated heterocycles. The highest BCUT2D eigenvalue weighted by atomic mass is 16.6. The number of aliphatic carboxylic acids is 1. The fourth-order valence-corrected chi connectivity index (χ4v) is 3.23. The van der Waals surface area contributed by atoms with Crippen molar-refractivity contribution in [2.75, 3.05) is 0 Å². The summed E-state index contributed by atoms with van der Waals surface area (Å²) in [6.45, 7) is 1.08. The number of carbonyl (C=O) groups is 2. The molecule has 2 aromatic carbocycles. The van der Waals surface area contributed by atoms with Crippen LogP contribution in [0.3, 0.4) is 0 Å². The molecular formula is C21H22N2O5. The van der Waals surface area contributed by atoms with E-state index in [4.69, 9.17) is 15.3 Å². The molecule has 0 bridgehead atoms. The van der Waals surface area contributed by atoms with Gasteiger partial charge >= 0.3 is 0 Å². The molecule has 0 atom stereocenters. The van der Waals surface area contributed by atoms with E-state index in [0.29, 0.717) is 16.7 Å². The molecule has 0 aliphatic heterocycles. The van der Waals surface area contributed by atoms with Crippen LogP contribution in [0.15, 0.2) is 48.5 Å². The topological polar surface area (TPSA) is 121 Å². The lowest BCUT2D eigenvalue weighted by Crippen LogP contribution is -2.21. The third kappa shape index (κ3) is 5.33. The summed E-state index contributed by atoms with van der Waals surface area (Å²) in [7, 11) is 0. The van der Waals surface area contributed by atoms with Gasteiger partial charge in [0, 0.05) is 24.5 Å². The Balaban J connectivity index is 0.000000640. The van der Waals surface area contributed by atoms with Gasteiger partial charge in [0.15, 0.2) is 0 Å². The monoisotopic (exact) mass is 382 g/mol. The Bertz CT molecular complexity index is 880. The van der Waals surface area contributed by atoms with Crippen LogP contribution in [-0.4, -0.2) is 27.5 Å². The van der Waals surface area contributed by atoms with Crippen molar-refractivity contribution in [1.82, 2.24) is 0 Å². The second kappa shape index (κ2) is 9.55. The molecule has 1 fully saturated rings. The van der Waals surface area contributed by atoms with Gasteiger partial charge in [-0.05, 0) is 24.5 Å². The first-order valence-electron chi connectivity index (χ1n) is 8.97. The number of carbonyl (C=O) groups excluding carboxylic acids is 1. The van der Waals surface area contributed by atoms with Gasteiger partial charge in [-0.2, -0.15) is 0 Å². The van der Waals surface area contributed by atoms with Crippen molar-refractivity contribution in [3.05, 3.63) is 64.2 Å². The number of Topliss-reactive ketones (excluding diaryl/α,β-unsaturated/α-hetero) is 1. The Morgan fingerprint density at radius 3 is 2.14 bits per heavy atom. The van der Waals surface area contributed by atoms with E-state index in [1.807, 2.05) is 0 Å². The second-order valence-corrected chi connectivity index (χ2v) is 6.59. The van der Waals surface area contributed by atoms with Gasteiger partial charge in [0.2, 0.25) is 5.78 Å². The number of hydrogen-bond acceptors (Lipinski definition) is 5. The van der Waals surface area contributed by atoms with Crippen molar-refractivity contribution in [3.8, 4) is 11.1 Å². The number of ketones is 1. The molecule has 146 valence electrons. The van der Waals surface area contributed by atoms with E-state index in [0.717, 1.165) is 32.6 Å². The minimum atomic E-state index is -0.833. The minimum absolute atomic E-state index is 0.0373. The molecule has 0 unspecified atom stereocenters. The highest BCUT2D eigenvalue weighted by Crippen LogP contribution is 2.30. The predicted molar refractivity (Wildman–Crippen MR) is 106 cm³/mol. The molecule has 0 aromatic heterocycles. The summed E-state index contributed by atoms with van der Waals surface area (Å²) in [5.74, 6) is -0.997. The number of nitro benzene ring substituents is 1. The first-order valence-corrected chi connectivity index (χ1v) is 8.97. The molecule has 0 radical (unpaired) electrons. The zero-order chi connectivity index (χ0) is 20.7. The fraction of sp³-hybridized carbons (Fsp3) is 0.286. The molecule has 1 aliphatic carbocycles. The maximum Gasteiger partial charge on any atom is 0.300 e. The summed E-state index contributed by atoms with van der Waals surface area (Å²) in [5, 5.41) is 26.6. The van der Waals surface area contributed by atoms with E-state index < -0.39 is 10.9 Å². The van der Waals surface area contributed by atoms with Crippen molar-refractivity contribution < 1.29 is 19.6 Å². The van der Waals surface area contributed by atoms with E-state index in [-0.39, 0.29) is 23.1 Å². The van der Waals surface area contributed by atoms with Crippen LogP contribution in [0.1, 0.15) is 43.0 Å². The molecule has 28 heavy (non-hydrogen) atoms. The van der Waals surface area contributed by atoms with Crippen molar-refractivity contribution in [2.24, 2.45) is 5.92 Å². The van der Waals surface area contributed by atoms with Crippen LogP contribution >= 0.6 is 0 Å². The van der Waals surface area contributed by atoms with E-state index in [2.05, 4.69) is 0 Å². The minimum Gasteiger partial charge on any atom is -0.481 e. The number of carboxylic acids is 1. The third-order valence-electron chi connectivity index (χ3n) is 4.57. The van der Waals surface area contributed by atoms with Gasteiger partial charge in [-0.1, -0.05) is 49.2 Å². The number of benzene rings is 2. The maximum absolute atomic E-state index is 12.4. The van der Waals surface area contributed by atoms with E-state index in [1.54, 1.807) is 42.5 Å². The van der Waals surface area contributed by atoms with Crippen LogP contribution in [0.25, 0.3) is 11.1 Å². The molecule has 1 aliphatic rings. The van der Waals surface area contributed by atoms with Gasteiger partial charge in [0.05, 0.1) is 16.2 Å². The van der Waals surface area contributed by atoms with Crippen LogP contribution in [0.4, 0.5) is 5.69 Å². The Morgan fingerprint density at radius 1 is 1.07 bits per heavy atom. The Kier molecular flexibility index (Phi) is 7.14. The normalized spacial score (nSPS) is 13.3. The lowest BCUT2D eigenvalue weighted by Gasteiger charge is -2.10. The van der Waals surface area contributed by atoms with E-state index in [9.17, 15) is 14.9 Å². The highest BCUT2D eigenvalue weighted by molar-refractivity contribution is 6.45. The molecule has 7 heteroatoms. The number of rotatable bonds is 5. The predicted octanol–water partition coefficient (Wildman–Crippen LogP) is 4.75. The van der Waals surface area contributed by atoms with Gasteiger partial charge in [0.1, 0.15) is 0 Å². The first kappa shape index (κ1) is 21.0. The zero-order valence-corrected chi connectivity index (χ0v) is 15.6. The Morgan fingerprint density at radius 2 is 1.61 bits per heavy atom. The molecule has 0 amide bonds. The van der Waals surface area contributed by atoms with Crippen molar-refractivity contribution in [1.29, 1.82) is 5.41 Å². The summed E-state index contributed by atoms with van der Waals surface area (Å²) in [6, 6.07) is 13.2. The van der Waals surface area contributed by atoms with Crippen LogP contribution in [0, 0.1) is 21.4 Å². The van der Waals surface area contributed by atoms with Crippen LogP contribution in [0.2, 0.25) is 0 Å². The van der Waals surface area contributed by atoms with Crippen LogP contribution < -0.4 is 0 Å². The van der Waals surface area contributed by atoms with Gasteiger partial charge in [-0.25, -0.2) is 0 Å². The highest BCUT2D eigenvalue weighted by Gasteiger charge is 2.25. The molecule has 0 heterocycles. The number of nitrogens with zero attached hydrogens (tertiary/aromatic N) is 1.